The van der Waals surface area contributed by atoms with E-state index in [4.69, 9.17) is 0 Å². The Hall–Kier alpha value is -0.570. The van der Waals surface area contributed by atoms with E-state index in [0.717, 1.165) is 12.5 Å². The second kappa shape index (κ2) is 6.05. The van der Waals surface area contributed by atoms with Crippen molar-refractivity contribution in [2.75, 3.05) is 20.1 Å². The lowest BCUT2D eigenvalue weighted by atomic mass is 10.1. The minimum absolute atomic E-state index is 0. The Morgan fingerprint density at radius 2 is 1.89 bits per heavy atom. The molecule has 1 saturated heterocycles. The van der Waals surface area contributed by atoms with Gasteiger partial charge in [0.05, 0.1) is 0 Å². The van der Waals surface area contributed by atoms with Gasteiger partial charge in [-0.1, -0.05) is 24.3 Å². The molecule has 1 aliphatic carbocycles. The SMILES string of the molecule is CNC1CCN(Cc2ccc(C3CC3)cc2)C1.Cl. The Balaban J connectivity index is 0.00000120. The number of nitrogens with one attached hydrogen (secondary N) is 1. The number of hydrogen-bond donors (Lipinski definition) is 1. The summed E-state index contributed by atoms with van der Waals surface area (Å²) in [5, 5.41) is 3.37. The number of likely N-dealkylation sites (N-methyl/N-ethyl adjacent to an activating group) is 1. The fourth-order valence-corrected chi connectivity index (χ4v) is 2.78. The van der Waals surface area contributed by atoms with Gasteiger partial charge in [0, 0.05) is 25.7 Å². The van der Waals surface area contributed by atoms with Crippen LogP contribution in [0, 0.1) is 0 Å². The Morgan fingerprint density at radius 3 is 2.44 bits per heavy atom. The smallest absolute Gasteiger partial charge is 0.0234 e. The van der Waals surface area contributed by atoms with Gasteiger partial charge in [0.2, 0.25) is 0 Å². The van der Waals surface area contributed by atoms with E-state index in [1.54, 1.807) is 5.56 Å². The summed E-state index contributed by atoms with van der Waals surface area (Å²) in [4.78, 5) is 2.55. The van der Waals surface area contributed by atoms with Gasteiger partial charge in [-0.05, 0) is 43.4 Å². The van der Waals surface area contributed by atoms with Crippen molar-refractivity contribution in [1.82, 2.24) is 10.2 Å². The van der Waals surface area contributed by atoms with Gasteiger partial charge < -0.3 is 5.32 Å². The van der Waals surface area contributed by atoms with Crippen molar-refractivity contribution >= 4 is 12.4 Å². The first kappa shape index (κ1) is 13.9. The highest BCUT2D eigenvalue weighted by molar-refractivity contribution is 5.85. The van der Waals surface area contributed by atoms with Crippen LogP contribution in [-0.2, 0) is 6.54 Å². The summed E-state index contributed by atoms with van der Waals surface area (Å²) in [5.41, 5.74) is 3.01. The van der Waals surface area contributed by atoms with Gasteiger partial charge in [-0.15, -0.1) is 12.4 Å². The summed E-state index contributed by atoms with van der Waals surface area (Å²) in [5.74, 6) is 0.879. The molecule has 1 unspecified atom stereocenters. The van der Waals surface area contributed by atoms with Crippen molar-refractivity contribution in [2.45, 2.75) is 37.8 Å². The van der Waals surface area contributed by atoms with Crippen LogP contribution in [0.15, 0.2) is 24.3 Å². The number of benzene rings is 1. The summed E-state index contributed by atoms with van der Waals surface area (Å²) in [6, 6.07) is 10.00. The molecule has 18 heavy (non-hydrogen) atoms. The molecule has 0 radical (unpaired) electrons. The van der Waals surface area contributed by atoms with Crippen LogP contribution in [0.25, 0.3) is 0 Å². The molecule has 1 aromatic carbocycles. The molecule has 1 aliphatic heterocycles. The molecule has 0 bridgehead atoms. The zero-order valence-corrected chi connectivity index (χ0v) is 11.9. The maximum Gasteiger partial charge on any atom is 0.0234 e. The molecule has 2 nitrogen and oxygen atoms in total. The van der Waals surface area contributed by atoms with E-state index in [9.17, 15) is 0 Å². The van der Waals surface area contributed by atoms with E-state index in [1.807, 2.05) is 0 Å². The molecule has 1 atom stereocenters. The van der Waals surface area contributed by atoms with Crippen LogP contribution in [0.2, 0.25) is 0 Å². The van der Waals surface area contributed by atoms with E-state index >= 15 is 0 Å². The summed E-state index contributed by atoms with van der Waals surface area (Å²) in [6.07, 6.45) is 4.08. The molecule has 3 rings (SSSR count). The van der Waals surface area contributed by atoms with Gasteiger partial charge in [-0.25, -0.2) is 0 Å². The number of nitrogens with zero attached hydrogens (tertiary/aromatic N) is 1. The zero-order valence-electron chi connectivity index (χ0n) is 11.1. The second-order valence-electron chi connectivity index (χ2n) is 5.53. The number of likely N-dealkylation sites (tertiary alicyclic amines) is 1. The van der Waals surface area contributed by atoms with Gasteiger partial charge in [-0.3, -0.25) is 4.90 Å². The molecule has 1 heterocycles. The maximum atomic E-state index is 3.37. The Kier molecular flexibility index (Phi) is 4.66. The predicted octanol–water partition coefficient (Wildman–Crippen LogP) is 2.78. The quantitative estimate of drug-likeness (QED) is 0.902. The van der Waals surface area contributed by atoms with E-state index in [0.29, 0.717) is 6.04 Å². The van der Waals surface area contributed by atoms with E-state index in [1.165, 1.54) is 37.9 Å². The van der Waals surface area contributed by atoms with Gasteiger partial charge in [0.1, 0.15) is 0 Å². The van der Waals surface area contributed by atoms with Crippen LogP contribution in [0.1, 0.15) is 36.3 Å². The number of halogens is 1. The lowest BCUT2D eigenvalue weighted by Crippen LogP contribution is -2.29. The molecule has 0 aromatic heterocycles. The summed E-state index contributed by atoms with van der Waals surface area (Å²) < 4.78 is 0. The van der Waals surface area contributed by atoms with Crippen LogP contribution < -0.4 is 5.32 Å². The normalized spacial score (nSPS) is 23.9. The number of rotatable bonds is 4. The largest absolute Gasteiger partial charge is 0.316 e. The summed E-state index contributed by atoms with van der Waals surface area (Å²) in [7, 11) is 2.07. The fraction of sp³-hybridized carbons (Fsp3) is 0.600. The maximum absolute atomic E-state index is 3.37. The number of hydrogen-bond acceptors (Lipinski definition) is 2. The summed E-state index contributed by atoms with van der Waals surface area (Å²) >= 11 is 0. The van der Waals surface area contributed by atoms with Gasteiger partial charge in [0.15, 0.2) is 0 Å². The molecule has 0 amide bonds. The van der Waals surface area contributed by atoms with Crippen LogP contribution in [0.3, 0.4) is 0 Å². The molecule has 1 N–H and O–H groups in total. The molecular formula is C15H23ClN2. The van der Waals surface area contributed by atoms with Crippen LogP contribution >= 0.6 is 12.4 Å². The van der Waals surface area contributed by atoms with E-state index in [-0.39, 0.29) is 12.4 Å². The molecule has 1 saturated carbocycles. The van der Waals surface area contributed by atoms with Crippen molar-refractivity contribution in [1.29, 1.82) is 0 Å². The fourth-order valence-electron chi connectivity index (χ4n) is 2.78. The minimum Gasteiger partial charge on any atom is -0.316 e. The molecule has 3 heteroatoms. The third-order valence-corrected chi connectivity index (χ3v) is 4.12. The van der Waals surface area contributed by atoms with Crippen molar-refractivity contribution in [2.24, 2.45) is 0 Å². The first-order valence-corrected chi connectivity index (χ1v) is 6.83. The van der Waals surface area contributed by atoms with Crippen LogP contribution in [0.4, 0.5) is 0 Å². The van der Waals surface area contributed by atoms with Crippen LogP contribution in [-0.4, -0.2) is 31.1 Å². The Morgan fingerprint density at radius 1 is 1.17 bits per heavy atom. The van der Waals surface area contributed by atoms with Crippen molar-refractivity contribution in [3.63, 3.8) is 0 Å². The molecule has 1 aromatic rings. The molecule has 2 aliphatic rings. The van der Waals surface area contributed by atoms with Crippen molar-refractivity contribution in [3.8, 4) is 0 Å². The highest BCUT2D eigenvalue weighted by atomic mass is 35.5. The molecular weight excluding hydrogens is 244 g/mol. The van der Waals surface area contributed by atoms with Gasteiger partial charge >= 0.3 is 0 Å². The molecule has 100 valence electrons. The Bertz CT molecular complexity index is 373. The second-order valence-corrected chi connectivity index (χ2v) is 5.53. The van der Waals surface area contributed by atoms with Gasteiger partial charge in [0.25, 0.3) is 0 Å². The molecule has 0 spiro atoms. The zero-order chi connectivity index (χ0) is 11.7. The third-order valence-electron chi connectivity index (χ3n) is 4.12. The third kappa shape index (κ3) is 3.25. The van der Waals surface area contributed by atoms with E-state index < -0.39 is 0 Å². The molecule has 2 fully saturated rings. The van der Waals surface area contributed by atoms with Crippen LogP contribution in [0.5, 0.6) is 0 Å². The minimum atomic E-state index is 0. The average Bonchev–Trinajstić information content (AvgIpc) is 3.11. The highest BCUT2D eigenvalue weighted by Gasteiger charge is 2.23. The standard InChI is InChI=1S/C15H22N2.ClH/c1-16-15-8-9-17(11-15)10-12-2-4-13(5-3-12)14-6-7-14;/h2-5,14-16H,6-11H2,1H3;1H. The summed E-state index contributed by atoms with van der Waals surface area (Å²) in [6.45, 7) is 3.54. The predicted molar refractivity (Wildman–Crippen MR) is 78.4 cm³/mol. The average molecular weight is 267 g/mol. The van der Waals surface area contributed by atoms with E-state index in [2.05, 4.69) is 41.5 Å². The Labute approximate surface area is 116 Å². The first-order valence-electron chi connectivity index (χ1n) is 6.83. The first-order chi connectivity index (χ1) is 8.35. The lowest BCUT2D eigenvalue weighted by molar-refractivity contribution is 0.322. The van der Waals surface area contributed by atoms with Gasteiger partial charge in [-0.2, -0.15) is 0 Å². The lowest BCUT2D eigenvalue weighted by Gasteiger charge is -2.16. The van der Waals surface area contributed by atoms with Crippen molar-refractivity contribution < 1.29 is 0 Å². The monoisotopic (exact) mass is 266 g/mol. The highest BCUT2D eigenvalue weighted by Crippen LogP contribution is 2.39. The van der Waals surface area contributed by atoms with Crippen molar-refractivity contribution in [3.05, 3.63) is 35.4 Å². The topological polar surface area (TPSA) is 15.3 Å².